The van der Waals surface area contributed by atoms with E-state index in [1.54, 1.807) is 12.1 Å². The lowest BCUT2D eigenvalue weighted by Crippen LogP contribution is -2.44. The summed E-state index contributed by atoms with van der Waals surface area (Å²) in [4.78, 5) is 14.4. The molecular weight excluding hydrogens is 382 g/mol. The molecule has 10 heteroatoms. The van der Waals surface area contributed by atoms with Crippen molar-refractivity contribution in [2.75, 3.05) is 63.6 Å². The number of hydrogen-bond acceptors (Lipinski definition) is 6. The van der Waals surface area contributed by atoms with Crippen LogP contribution in [0.15, 0.2) is 18.2 Å². The van der Waals surface area contributed by atoms with Crippen LogP contribution in [0, 0.1) is 0 Å². The molecule has 0 bridgehead atoms. The van der Waals surface area contributed by atoms with E-state index in [1.807, 2.05) is 0 Å². The highest BCUT2D eigenvalue weighted by Gasteiger charge is 2.24. The number of amides is 1. The predicted molar refractivity (Wildman–Crippen MR) is 100 cm³/mol. The Labute approximate surface area is 159 Å². The van der Waals surface area contributed by atoms with Gasteiger partial charge in [-0.2, -0.15) is 0 Å². The molecule has 26 heavy (non-hydrogen) atoms. The summed E-state index contributed by atoms with van der Waals surface area (Å²) in [7, 11) is -2.27. The number of nitrogens with zero attached hydrogens (tertiary/aromatic N) is 2. The first-order chi connectivity index (χ1) is 12.3. The van der Waals surface area contributed by atoms with E-state index < -0.39 is 15.9 Å². The highest BCUT2D eigenvalue weighted by Crippen LogP contribution is 2.32. The molecule has 0 aliphatic carbocycles. The van der Waals surface area contributed by atoms with Gasteiger partial charge in [0.05, 0.1) is 32.3 Å². The third kappa shape index (κ3) is 6.01. The number of morpholine rings is 1. The van der Waals surface area contributed by atoms with E-state index in [1.165, 1.54) is 13.2 Å². The third-order valence-corrected chi connectivity index (χ3v) is 5.31. The zero-order valence-corrected chi connectivity index (χ0v) is 16.5. The quantitative estimate of drug-likeness (QED) is 0.680. The number of methoxy groups -OCH3 is 1. The minimum Gasteiger partial charge on any atom is -0.495 e. The van der Waals surface area contributed by atoms with Gasteiger partial charge in [0.1, 0.15) is 12.3 Å². The Balaban J connectivity index is 2.02. The van der Waals surface area contributed by atoms with Crippen LogP contribution in [0.4, 0.5) is 5.69 Å². The lowest BCUT2D eigenvalue weighted by Gasteiger charge is -2.27. The number of carbonyl (C=O) groups is 1. The van der Waals surface area contributed by atoms with Crippen LogP contribution in [0.1, 0.15) is 0 Å². The number of anilines is 1. The smallest absolute Gasteiger partial charge is 0.240 e. The van der Waals surface area contributed by atoms with Crippen LogP contribution in [-0.2, 0) is 19.6 Å². The number of nitrogens with one attached hydrogen (secondary N) is 1. The minimum atomic E-state index is -3.70. The fourth-order valence-electron chi connectivity index (χ4n) is 2.60. The molecule has 1 aliphatic rings. The van der Waals surface area contributed by atoms with Gasteiger partial charge in [0.15, 0.2) is 0 Å². The zero-order valence-electron chi connectivity index (χ0n) is 14.9. The summed E-state index contributed by atoms with van der Waals surface area (Å²) < 4.78 is 35.9. The van der Waals surface area contributed by atoms with E-state index in [2.05, 4.69) is 10.2 Å². The number of hydrogen-bond donors (Lipinski definition) is 1. The van der Waals surface area contributed by atoms with Crippen LogP contribution < -0.4 is 14.4 Å². The van der Waals surface area contributed by atoms with Crippen LogP contribution in [0.5, 0.6) is 5.75 Å². The molecule has 1 aromatic rings. The minimum absolute atomic E-state index is 0.228. The molecule has 146 valence electrons. The summed E-state index contributed by atoms with van der Waals surface area (Å²) in [6, 6.07) is 4.61. The molecule has 1 saturated heterocycles. The predicted octanol–water partition coefficient (Wildman–Crippen LogP) is 0.563. The Morgan fingerprint density at radius 1 is 1.38 bits per heavy atom. The Hall–Kier alpha value is -1.55. The molecule has 0 saturated carbocycles. The topological polar surface area (TPSA) is 88.2 Å². The maximum Gasteiger partial charge on any atom is 0.240 e. The van der Waals surface area contributed by atoms with Gasteiger partial charge in [-0.3, -0.25) is 14.0 Å². The zero-order chi connectivity index (χ0) is 19.2. The molecule has 0 radical (unpaired) electrons. The van der Waals surface area contributed by atoms with E-state index >= 15 is 0 Å². The van der Waals surface area contributed by atoms with Crippen molar-refractivity contribution in [1.82, 2.24) is 10.2 Å². The molecule has 0 unspecified atom stereocenters. The van der Waals surface area contributed by atoms with Crippen LogP contribution in [-0.4, -0.2) is 78.5 Å². The van der Waals surface area contributed by atoms with Gasteiger partial charge in [0.2, 0.25) is 15.9 Å². The fourth-order valence-corrected chi connectivity index (χ4v) is 3.62. The maximum absolute atomic E-state index is 12.3. The molecule has 1 amide bonds. The fraction of sp³-hybridized carbons (Fsp3) is 0.562. The van der Waals surface area contributed by atoms with Gasteiger partial charge in [-0.25, -0.2) is 8.42 Å². The van der Waals surface area contributed by atoms with E-state index in [9.17, 15) is 13.2 Å². The van der Waals surface area contributed by atoms with Crippen LogP contribution in [0.3, 0.4) is 0 Å². The Kier molecular flexibility index (Phi) is 7.51. The molecule has 1 N–H and O–H groups in total. The molecule has 1 fully saturated rings. The first-order valence-electron chi connectivity index (χ1n) is 8.19. The second kappa shape index (κ2) is 9.40. The average molecular weight is 406 g/mol. The van der Waals surface area contributed by atoms with E-state index in [4.69, 9.17) is 21.1 Å². The van der Waals surface area contributed by atoms with Crippen molar-refractivity contribution in [2.45, 2.75) is 0 Å². The Morgan fingerprint density at radius 2 is 2.08 bits per heavy atom. The molecule has 1 aromatic carbocycles. The molecule has 0 aromatic heterocycles. The molecule has 1 aliphatic heterocycles. The Morgan fingerprint density at radius 3 is 2.69 bits per heavy atom. The van der Waals surface area contributed by atoms with Gasteiger partial charge in [0.25, 0.3) is 0 Å². The summed E-state index contributed by atoms with van der Waals surface area (Å²) in [5, 5.41) is 3.10. The van der Waals surface area contributed by atoms with Crippen molar-refractivity contribution in [2.24, 2.45) is 0 Å². The van der Waals surface area contributed by atoms with Gasteiger partial charge in [0, 0.05) is 31.2 Å². The van der Waals surface area contributed by atoms with Gasteiger partial charge in [-0.05, 0) is 18.2 Å². The summed E-state index contributed by atoms with van der Waals surface area (Å²) >= 11 is 5.98. The lowest BCUT2D eigenvalue weighted by atomic mass is 10.3. The molecule has 0 atom stereocenters. The number of sulfonamides is 1. The molecular formula is C16H24ClN3O5S. The van der Waals surface area contributed by atoms with Crippen molar-refractivity contribution >= 4 is 33.2 Å². The van der Waals surface area contributed by atoms with E-state index in [0.29, 0.717) is 37.1 Å². The van der Waals surface area contributed by atoms with Gasteiger partial charge in [-0.15, -0.1) is 0 Å². The third-order valence-electron chi connectivity index (χ3n) is 3.95. The average Bonchev–Trinajstić information content (AvgIpc) is 2.59. The van der Waals surface area contributed by atoms with Crippen LogP contribution in [0.25, 0.3) is 0 Å². The molecule has 8 nitrogen and oxygen atoms in total. The summed E-state index contributed by atoms with van der Waals surface area (Å²) in [5.41, 5.74) is 0.228. The summed E-state index contributed by atoms with van der Waals surface area (Å²) in [5.74, 6) is -0.0772. The van der Waals surface area contributed by atoms with Gasteiger partial charge >= 0.3 is 0 Å². The van der Waals surface area contributed by atoms with E-state index in [-0.39, 0.29) is 12.2 Å². The standard InChI is InChI=1S/C16H24ClN3O5S/c1-24-15-4-3-13(17)11-14(15)20(26(2,22)23)12-16(21)18-5-6-19-7-9-25-10-8-19/h3-4,11H,5-10,12H2,1-2H3,(H,18,21). The Bertz CT molecular complexity index is 723. The first kappa shape index (κ1) is 20.8. The number of carbonyl (C=O) groups excluding carboxylic acids is 1. The van der Waals surface area contributed by atoms with Crippen molar-refractivity contribution in [1.29, 1.82) is 0 Å². The summed E-state index contributed by atoms with van der Waals surface area (Å²) in [6.07, 6.45) is 1.04. The van der Waals surface area contributed by atoms with Gasteiger partial charge < -0.3 is 14.8 Å². The maximum atomic E-state index is 12.3. The second-order valence-electron chi connectivity index (χ2n) is 5.89. The van der Waals surface area contributed by atoms with E-state index in [0.717, 1.165) is 23.7 Å². The van der Waals surface area contributed by atoms with Crippen molar-refractivity contribution < 1.29 is 22.7 Å². The lowest BCUT2D eigenvalue weighted by molar-refractivity contribution is -0.119. The number of rotatable bonds is 8. The highest BCUT2D eigenvalue weighted by molar-refractivity contribution is 7.92. The largest absolute Gasteiger partial charge is 0.495 e. The normalized spacial score (nSPS) is 15.5. The monoisotopic (exact) mass is 405 g/mol. The summed E-state index contributed by atoms with van der Waals surface area (Å²) in [6.45, 7) is 3.79. The first-order valence-corrected chi connectivity index (χ1v) is 10.4. The van der Waals surface area contributed by atoms with Crippen molar-refractivity contribution in [3.8, 4) is 5.75 Å². The van der Waals surface area contributed by atoms with Crippen molar-refractivity contribution in [3.63, 3.8) is 0 Å². The highest BCUT2D eigenvalue weighted by atomic mass is 35.5. The number of halogens is 1. The van der Waals surface area contributed by atoms with Gasteiger partial charge in [-0.1, -0.05) is 11.6 Å². The van der Waals surface area contributed by atoms with Crippen LogP contribution >= 0.6 is 11.6 Å². The molecule has 0 spiro atoms. The van der Waals surface area contributed by atoms with Crippen molar-refractivity contribution in [3.05, 3.63) is 23.2 Å². The SMILES string of the molecule is COc1ccc(Cl)cc1N(CC(=O)NCCN1CCOCC1)S(C)(=O)=O. The number of benzene rings is 1. The second-order valence-corrected chi connectivity index (χ2v) is 8.23. The molecule has 1 heterocycles. The number of ether oxygens (including phenoxy) is 2. The molecule has 2 rings (SSSR count). The van der Waals surface area contributed by atoms with Crippen LogP contribution in [0.2, 0.25) is 5.02 Å².